The lowest BCUT2D eigenvalue weighted by Gasteiger charge is -2.24. The Morgan fingerprint density at radius 1 is 1.06 bits per heavy atom. The van der Waals surface area contributed by atoms with Crippen molar-refractivity contribution in [2.45, 2.75) is 18.6 Å². The van der Waals surface area contributed by atoms with Crippen molar-refractivity contribution >= 4 is 34.9 Å². The van der Waals surface area contributed by atoms with Gasteiger partial charge in [-0.3, -0.25) is 14.2 Å². The number of hydrogen-bond acceptors (Lipinski definition) is 4. The summed E-state index contributed by atoms with van der Waals surface area (Å²) >= 11 is 5.84. The van der Waals surface area contributed by atoms with Gasteiger partial charge < -0.3 is 20.6 Å². The predicted octanol–water partition coefficient (Wildman–Crippen LogP) is 3.24. The van der Waals surface area contributed by atoms with Crippen molar-refractivity contribution in [1.82, 2.24) is 9.47 Å². The molecule has 10 heteroatoms. The Bertz CT molecular complexity index is 1250. The van der Waals surface area contributed by atoms with E-state index in [-0.39, 0.29) is 24.2 Å². The lowest BCUT2D eigenvalue weighted by atomic mass is 10.1. The van der Waals surface area contributed by atoms with Gasteiger partial charge in [0.25, 0.3) is 5.56 Å². The van der Waals surface area contributed by atoms with Gasteiger partial charge in [0.1, 0.15) is 11.9 Å². The molecule has 3 N–H and O–H groups in total. The molecule has 170 valence electrons. The number of likely N-dealkylation sites (tertiary alicyclic amines) is 1. The third kappa shape index (κ3) is 5.05. The number of rotatable bonds is 4. The number of halogens is 2. The van der Waals surface area contributed by atoms with Crippen molar-refractivity contribution in [3.8, 4) is 5.69 Å². The Balaban J connectivity index is 1.48. The van der Waals surface area contributed by atoms with Crippen LogP contribution in [0, 0.1) is 5.82 Å². The number of anilines is 2. The van der Waals surface area contributed by atoms with Crippen molar-refractivity contribution < 1.29 is 19.1 Å². The molecule has 2 aromatic carbocycles. The molecule has 0 aliphatic carbocycles. The van der Waals surface area contributed by atoms with E-state index in [2.05, 4.69) is 10.6 Å². The first kappa shape index (κ1) is 22.5. The number of aromatic nitrogens is 1. The van der Waals surface area contributed by atoms with Crippen LogP contribution >= 0.6 is 11.6 Å². The van der Waals surface area contributed by atoms with Crippen LogP contribution in [0.4, 0.5) is 20.6 Å². The maximum Gasteiger partial charge on any atom is 0.322 e. The SMILES string of the molecule is O=C(Nc1ccc(-n2ccccc2=O)cc1F)[C@H]1C[C@@H](O)CN1C(=O)Nc1ccc(Cl)cc1. The molecule has 0 bridgehead atoms. The van der Waals surface area contributed by atoms with Gasteiger partial charge in [-0.05, 0) is 42.5 Å². The third-order valence-corrected chi connectivity index (χ3v) is 5.50. The highest BCUT2D eigenvalue weighted by Gasteiger charge is 2.39. The molecule has 1 aromatic heterocycles. The summed E-state index contributed by atoms with van der Waals surface area (Å²) in [4.78, 5) is 38.7. The van der Waals surface area contributed by atoms with Gasteiger partial charge in [0, 0.05) is 42.0 Å². The highest BCUT2D eigenvalue weighted by Crippen LogP contribution is 2.24. The molecule has 2 heterocycles. The van der Waals surface area contributed by atoms with Crippen LogP contribution in [-0.2, 0) is 4.79 Å². The van der Waals surface area contributed by atoms with E-state index < -0.39 is 29.9 Å². The van der Waals surface area contributed by atoms with Crippen LogP contribution in [-0.4, -0.2) is 45.2 Å². The number of carbonyl (C=O) groups is 2. The van der Waals surface area contributed by atoms with Crippen molar-refractivity contribution in [3.05, 3.63) is 88.1 Å². The van der Waals surface area contributed by atoms with Crippen LogP contribution in [0.3, 0.4) is 0 Å². The Morgan fingerprint density at radius 2 is 1.82 bits per heavy atom. The number of amides is 3. The summed E-state index contributed by atoms with van der Waals surface area (Å²) in [5, 5.41) is 15.7. The minimum Gasteiger partial charge on any atom is -0.391 e. The number of carbonyl (C=O) groups excluding carboxylic acids is 2. The molecule has 1 fully saturated rings. The van der Waals surface area contributed by atoms with Gasteiger partial charge in [-0.1, -0.05) is 17.7 Å². The van der Waals surface area contributed by atoms with E-state index >= 15 is 0 Å². The summed E-state index contributed by atoms with van der Waals surface area (Å²) in [6.07, 6.45) is 0.625. The molecule has 0 spiro atoms. The van der Waals surface area contributed by atoms with Gasteiger partial charge in [0.15, 0.2) is 0 Å². The summed E-state index contributed by atoms with van der Waals surface area (Å²) in [5.41, 5.74) is 0.349. The van der Waals surface area contributed by atoms with Crippen molar-refractivity contribution in [2.75, 3.05) is 17.2 Å². The number of β-amino-alcohol motifs (C(OH)–C–C–N with tert-alkyl or cyclic N) is 1. The largest absolute Gasteiger partial charge is 0.391 e. The molecule has 1 aliphatic heterocycles. The van der Waals surface area contributed by atoms with Gasteiger partial charge in [-0.15, -0.1) is 0 Å². The van der Waals surface area contributed by atoms with Crippen LogP contribution in [0.5, 0.6) is 0 Å². The fourth-order valence-electron chi connectivity index (χ4n) is 3.63. The number of aliphatic hydroxyl groups is 1. The predicted molar refractivity (Wildman–Crippen MR) is 122 cm³/mol. The lowest BCUT2D eigenvalue weighted by molar-refractivity contribution is -0.119. The highest BCUT2D eigenvalue weighted by molar-refractivity contribution is 6.30. The molecule has 0 radical (unpaired) electrons. The number of urea groups is 1. The number of aliphatic hydroxyl groups excluding tert-OH is 1. The first-order chi connectivity index (χ1) is 15.8. The van der Waals surface area contributed by atoms with Crippen LogP contribution in [0.25, 0.3) is 5.69 Å². The summed E-state index contributed by atoms with van der Waals surface area (Å²) in [5.74, 6) is -1.38. The number of benzene rings is 2. The van der Waals surface area contributed by atoms with Crippen LogP contribution in [0.1, 0.15) is 6.42 Å². The molecular weight excluding hydrogens is 451 g/mol. The van der Waals surface area contributed by atoms with E-state index in [9.17, 15) is 23.9 Å². The zero-order valence-corrected chi connectivity index (χ0v) is 18.0. The van der Waals surface area contributed by atoms with Gasteiger partial charge in [-0.25, -0.2) is 9.18 Å². The summed E-state index contributed by atoms with van der Waals surface area (Å²) < 4.78 is 16.0. The number of nitrogens with one attached hydrogen (secondary N) is 2. The van der Waals surface area contributed by atoms with Crippen molar-refractivity contribution in [3.63, 3.8) is 0 Å². The average Bonchev–Trinajstić information content (AvgIpc) is 3.19. The van der Waals surface area contributed by atoms with E-state index in [0.717, 1.165) is 6.07 Å². The van der Waals surface area contributed by atoms with Gasteiger partial charge in [0.05, 0.1) is 17.5 Å². The second-order valence-electron chi connectivity index (χ2n) is 7.56. The molecule has 1 aliphatic rings. The summed E-state index contributed by atoms with van der Waals surface area (Å²) in [7, 11) is 0. The molecule has 3 amide bonds. The summed E-state index contributed by atoms with van der Waals surface area (Å²) in [6.45, 7) is -0.0458. The quantitative estimate of drug-likeness (QED) is 0.544. The lowest BCUT2D eigenvalue weighted by Crippen LogP contribution is -2.45. The van der Waals surface area contributed by atoms with E-state index in [0.29, 0.717) is 16.4 Å². The van der Waals surface area contributed by atoms with E-state index in [1.54, 1.807) is 36.4 Å². The van der Waals surface area contributed by atoms with Crippen LogP contribution in [0.2, 0.25) is 5.02 Å². The van der Waals surface area contributed by atoms with Crippen molar-refractivity contribution in [1.29, 1.82) is 0 Å². The molecule has 2 atom stereocenters. The normalized spacial score (nSPS) is 17.6. The fourth-order valence-corrected chi connectivity index (χ4v) is 3.75. The minimum absolute atomic E-state index is 0.0129. The monoisotopic (exact) mass is 470 g/mol. The third-order valence-electron chi connectivity index (χ3n) is 5.25. The fraction of sp³-hybridized carbons (Fsp3) is 0.174. The second kappa shape index (κ2) is 9.43. The van der Waals surface area contributed by atoms with Gasteiger partial charge in [0.2, 0.25) is 5.91 Å². The van der Waals surface area contributed by atoms with E-state index in [4.69, 9.17) is 11.6 Å². The number of nitrogens with zero attached hydrogens (tertiary/aromatic N) is 2. The zero-order chi connectivity index (χ0) is 23.5. The maximum atomic E-state index is 14.7. The molecule has 4 rings (SSSR count). The van der Waals surface area contributed by atoms with Crippen LogP contribution in [0.15, 0.2) is 71.7 Å². The standard InChI is InChI=1S/C23H20ClFN4O4/c24-14-4-6-15(7-5-14)26-23(33)29-13-17(30)12-20(29)22(32)27-19-9-8-16(11-18(19)25)28-10-2-1-3-21(28)31/h1-11,17,20,30H,12-13H2,(H,26,33)(H,27,32)/t17-,20-/m1/s1. The first-order valence-electron chi connectivity index (χ1n) is 10.1. The molecule has 1 saturated heterocycles. The molecule has 3 aromatic rings. The van der Waals surface area contributed by atoms with Crippen molar-refractivity contribution in [2.24, 2.45) is 0 Å². The smallest absolute Gasteiger partial charge is 0.322 e. The summed E-state index contributed by atoms with van der Waals surface area (Å²) in [6, 6.07) is 13.4. The Morgan fingerprint density at radius 3 is 2.52 bits per heavy atom. The second-order valence-corrected chi connectivity index (χ2v) is 7.99. The topological polar surface area (TPSA) is 104 Å². The highest BCUT2D eigenvalue weighted by atomic mass is 35.5. The zero-order valence-electron chi connectivity index (χ0n) is 17.2. The molecule has 0 unspecified atom stereocenters. The van der Waals surface area contributed by atoms with Crippen LogP contribution < -0.4 is 16.2 Å². The maximum absolute atomic E-state index is 14.7. The average molecular weight is 471 g/mol. The molecule has 8 nitrogen and oxygen atoms in total. The van der Waals surface area contributed by atoms with Gasteiger partial charge >= 0.3 is 6.03 Å². The Kier molecular flexibility index (Phi) is 6.43. The Labute approximate surface area is 193 Å². The minimum atomic E-state index is -0.997. The van der Waals surface area contributed by atoms with E-state index in [1.807, 2.05) is 0 Å². The molecule has 0 saturated carbocycles. The first-order valence-corrected chi connectivity index (χ1v) is 10.5. The molecular formula is C23H20ClFN4O4. The number of pyridine rings is 1. The Hall–Kier alpha value is -3.69. The van der Waals surface area contributed by atoms with Gasteiger partial charge in [-0.2, -0.15) is 0 Å². The van der Waals surface area contributed by atoms with E-state index in [1.165, 1.54) is 33.9 Å². The number of hydrogen-bond donors (Lipinski definition) is 3. The molecule has 33 heavy (non-hydrogen) atoms.